The Morgan fingerprint density at radius 3 is 2.48 bits per heavy atom. The molecule has 0 saturated heterocycles. The number of nitrogens with zero attached hydrogens (tertiary/aromatic N) is 1. The normalized spacial score (nSPS) is 11.1. The molecule has 0 aliphatic heterocycles. The molecule has 9 heteroatoms. The zero-order valence-corrected chi connectivity index (χ0v) is 19.2. The minimum atomic E-state index is -3.97. The van der Waals surface area contributed by atoms with Crippen LogP contribution >= 0.6 is 11.3 Å². The summed E-state index contributed by atoms with van der Waals surface area (Å²) in [7, 11) is -2.49. The molecule has 7 nitrogen and oxygen atoms in total. The summed E-state index contributed by atoms with van der Waals surface area (Å²) in [5.74, 6) is 0.121. The molecule has 0 spiro atoms. The predicted molar refractivity (Wildman–Crippen MR) is 126 cm³/mol. The molecule has 0 unspecified atom stereocenters. The van der Waals surface area contributed by atoms with Crippen LogP contribution in [0.1, 0.15) is 24.2 Å². The molecule has 2 N–H and O–H groups in total. The molecular weight excluding hydrogens is 434 g/mol. The smallest absolute Gasteiger partial charge is 0.264 e. The number of benzene rings is 2. The molecule has 0 fully saturated rings. The fourth-order valence-corrected chi connectivity index (χ4v) is 5.12. The summed E-state index contributed by atoms with van der Waals surface area (Å²) in [6.07, 6.45) is 0. The number of methoxy groups -OCH3 is 1. The number of anilines is 3. The Bertz CT molecular complexity index is 1140. The number of nitrogens with one attached hydrogen (secondary N) is 2. The van der Waals surface area contributed by atoms with Crippen LogP contribution in [-0.2, 0) is 10.0 Å². The number of amides is 1. The van der Waals surface area contributed by atoms with Crippen LogP contribution in [0.2, 0.25) is 0 Å². The molecule has 0 atom stereocenters. The van der Waals surface area contributed by atoms with Crippen molar-refractivity contribution in [1.82, 2.24) is 0 Å². The Hall–Kier alpha value is -3.04. The van der Waals surface area contributed by atoms with E-state index in [1.54, 1.807) is 47.8 Å². The van der Waals surface area contributed by atoms with Crippen LogP contribution in [0.25, 0.3) is 0 Å². The van der Waals surface area contributed by atoms with E-state index < -0.39 is 10.0 Å². The lowest BCUT2D eigenvalue weighted by Gasteiger charge is -2.25. The summed E-state index contributed by atoms with van der Waals surface area (Å²) in [6.45, 7) is 5.18. The summed E-state index contributed by atoms with van der Waals surface area (Å²) in [4.78, 5) is 14.5. The van der Waals surface area contributed by atoms with Gasteiger partial charge in [-0.15, -0.1) is 0 Å². The van der Waals surface area contributed by atoms with E-state index in [9.17, 15) is 13.2 Å². The second-order valence-corrected chi connectivity index (χ2v) is 9.06. The molecule has 31 heavy (non-hydrogen) atoms. The molecule has 0 radical (unpaired) electrons. The van der Waals surface area contributed by atoms with Crippen LogP contribution in [0.5, 0.6) is 5.75 Å². The number of carbonyl (C=O) groups excluding carboxylic acids is 1. The first-order valence-electron chi connectivity index (χ1n) is 9.78. The van der Waals surface area contributed by atoms with E-state index in [0.29, 0.717) is 41.5 Å². The summed E-state index contributed by atoms with van der Waals surface area (Å²) in [6, 6.07) is 13.4. The van der Waals surface area contributed by atoms with Gasteiger partial charge in [0, 0.05) is 24.2 Å². The van der Waals surface area contributed by atoms with Crippen molar-refractivity contribution in [1.29, 1.82) is 0 Å². The maximum Gasteiger partial charge on any atom is 0.264 e. The highest BCUT2D eigenvalue weighted by Gasteiger charge is 2.23. The average Bonchev–Trinajstić information content (AvgIpc) is 3.30. The van der Waals surface area contributed by atoms with E-state index >= 15 is 0 Å². The Kier molecular flexibility index (Phi) is 7.19. The molecular formula is C22H25N3O4S2. The SMILES string of the molecule is CCN(CC)c1ccc(NC(=O)c2ccsc2)cc1S(=O)(=O)Nc1ccccc1OC. The van der Waals surface area contributed by atoms with Crippen LogP contribution in [0, 0.1) is 0 Å². The fourth-order valence-electron chi connectivity index (χ4n) is 3.16. The van der Waals surface area contributed by atoms with Crippen LogP contribution in [0.15, 0.2) is 64.2 Å². The minimum absolute atomic E-state index is 0.0743. The van der Waals surface area contributed by atoms with Crippen molar-refractivity contribution in [3.63, 3.8) is 0 Å². The van der Waals surface area contributed by atoms with Gasteiger partial charge in [0.25, 0.3) is 15.9 Å². The number of hydrogen-bond acceptors (Lipinski definition) is 6. The van der Waals surface area contributed by atoms with Crippen molar-refractivity contribution in [3.8, 4) is 5.75 Å². The average molecular weight is 460 g/mol. The zero-order valence-electron chi connectivity index (χ0n) is 17.6. The summed E-state index contributed by atoms with van der Waals surface area (Å²) >= 11 is 1.42. The maximum absolute atomic E-state index is 13.4. The first-order valence-corrected chi connectivity index (χ1v) is 12.2. The highest BCUT2D eigenvalue weighted by atomic mass is 32.2. The number of ether oxygens (including phenoxy) is 1. The van der Waals surface area contributed by atoms with Gasteiger partial charge in [0.15, 0.2) is 0 Å². The highest BCUT2D eigenvalue weighted by Crippen LogP contribution is 2.32. The molecule has 3 aromatic rings. The first kappa shape index (κ1) is 22.6. The van der Waals surface area contributed by atoms with Gasteiger partial charge in [-0.1, -0.05) is 12.1 Å². The third-order valence-corrected chi connectivity index (χ3v) is 6.82. The van der Waals surface area contributed by atoms with E-state index in [2.05, 4.69) is 10.0 Å². The lowest BCUT2D eigenvalue weighted by Crippen LogP contribution is -2.26. The van der Waals surface area contributed by atoms with Crippen LogP contribution in [-0.4, -0.2) is 34.5 Å². The van der Waals surface area contributed by atoms with E-state index in [0.717, 1.165) is 0 Å². The van der Waals surface area contributed by atoms with Crippen LogP contribution < -0.4 is 19.7 Å². The molecule has 0 saturated carbocycles. The zero-order chi connectivity index (χ0) is 22.4. The van der Waals surface area contributed by atoms with Crippen molar-refractivity contribution in [2.45, 2.75) is 18.7 Å². The number of para-hydroxylation sites is 2. The molecule has 164 valence electrons. The van der Waals surface area contributed by atoms with Gasteiger partial charge < -0.3 is 15.0 Å². The van der Waals surface area contributed by atoms with Gasteiger partial charge in [-0.2, -0.15) is 11.3 Å². The number of thiophene rings is 1. The standard InChI is InChI=1S/C22H25N3O4S2/c1-4-25(5-2)19-11-10-17(23-22(26)16-12-13-30-15-16)14-21(19)31(27,28)24-18-8-6-7-9-20(18)29-3/h6-15,24H,4-5H2,1-3H3,(H,23,26). The van der Waals surface area contributed by atoms with Crippen molar-refractivity contribution in [2.24, 2.45) is 0 Å². The molecule has 1 aromatic heterocycles. The van der Waals surface area contributed by atoms with Crippen molar-refractivity contribution in [2.75, 3.05) is 35.1 Å². The van der Waals surface area contributed by atoms with Crippen LogP contribution in [0.3, 0.4) is 0 Å². The topological polar surface area (TPSA) is 87.7 Å². The Labute approximate surface area is 186 Å². The third-order valence-electron chi connectivity index (χ3n) is 4.75. The summed E-state index contributed by atoms with van der Waals surface area (Å²) in [5.41, 5.74) is 1.81. The second-order valence-electron chi connectivity index (χ2n) is 6.63. The molecule has 1 amide bonds. The second kappa shape index (κ2) is 9.84. The number of rotatable bonds is 9. The van der Waals surface area contributed by atoms with E-state index in [4.69, 9.17) is 4.74 Å². The molecule has 1 heterocycles. The number of hydrogen-bond donors (Lipinski definition) is 2. The maximum atomic E-state index is 13.4. The van der Waals surface area contributed by atoms with Crippen LogP contribution in [0.4, 0.5) is 17.1 Å². The Morgan fingerprint density at radius 2 is 1.84 bits per heavy atom. The largest absolute Gasteiger partial charge is 0.495 e. The first-order chi connectivity index (χ1) is 14.9. The molecule has 2 aromatic carbocycles. The summed E-state index contributed by atoms with van der Waals surface area (Å²) < 4.78 is 34.7. The van der Waals surface area contributed by atoms with Crippen molar-refractivity contribution in [3.05, 3.63) is 64.9 Å². The van der Waals surface area contributed by atoms with Gasteiger partial charge in [-0.25, -0.2) is 8.42 Å². The lowest BCUT2D eigenvalue weighted by atomic mass is 10.2. The molecule has 0 aliphatic rings. The van der Waals surface area contributed by atoms with Gasteiger partial charge >= 0.3 is 0 Å². The van der Waals surface area contributed by atoms with Gasteiger partial charge in [0.05, 0.1) is 24.0 Å². The quantitative estimate of drug-likeness (QED) is 0.486. The van der Waals surface area contributed by atoms with Gasteiger partial charge in [0.1, 0.15) is 10.6 Å². The predicted octanol–water partition coefficient (Wildman–Crippen LogP) is 4.66. The fraction of sp³-hybridized carbons (Fsp3) is 0.227. The highest BCUT2D eigenvalue weighted by molar-refractivity contribution is 7.93. The minimum Gasteiger partial charge on any atom is -0.495 e. The monoisotopic (exact) mass is 459 g/mol. The third kappa shape index (κ3) is 5.18. The Balaban J connectivity index is 2.02. The molecule has 3 rings (SSSR count). The Morgan fingerprint density at radius 1 is 1.10 bits per heavy atom. The van der Waals surface area contributed by atoms with Crippen molar-refractivity contribution >= 4 is 44.3 Å². The lowest BCUT2D eigenvalue weighted by molar-refractivity contribution is 0.102. The van der Waals surface area contributed by atoms with Crippen molar-refractivity contribution < 1.29 is 17.9 Å². The summed E-state index contributed by atoms with van der Waals surface area (Å²) in [5, 5.41) is 6.33. The van der Waals surface area contributed by atoms with E-state index in [1.165, 1.54) is 24.5 Å². The number of carbonyl (C=O) groups is 1. The van der Waals surface area contributed by atoms with Gasteiger partial charge in [-0.3, -0.25) is 9.52 Å². The van der Waals surface area contributed by atoms with Gasteiger partial charge in [-0.05, 0) is 55.6 Å². The van der Waals surface area contributed by atoms with E-state index in [1.807, 2.05) is 24.1 Å². The molecule has 0 aliphatic carbocycles. The number of sulfonamides is 1. The molecule has 0 bridgehead atoms. The van der Waals surface area contributed by atoms with E-state index in [-0.39, 0.29) is 10.8 Å². The van der Waals surface area contributed by atoms with Gasteiger partial charge in [0.2, 0.25) is 0 Å².